The number of para-hydroxylation sites is 2. The van der Waals surface area contributed by atoms with Gasteiger partial charge >= 0.3 is 5.97 Å². The number of ether oxygens (including phenoxy) is 2. The highest BCUT2D eigenvalue weighted by Gasteiger charge is 2.23. The lowest BCUT2D eigenvalue weighted by Gasteiger charge is -2.14. The zero-order valence-corrected chi connectivity index (χ0v) is 21.2. The number of hydrogen-bond acceptors (Lipinski definition) is 8. The van der Waals surface area contributed by atoms with Gasteiger partial charge in [-0.3, -0.25) is 10.1 Å². The molecule has 0 aliphatic rings. The summed E-state index contributed by atoms with van der Waals surface area (Å²) in [5.74, 6) is -0.0106. The Labute approximate surface area is 220 Å². The third kappa shape index (κ3) is 4.33. The van der Waals surface area contributed by atoms with Gasteiger partial charge in [0, 0.05) is 10.9 Å². The molecule has 6 aromatic rings. The van der Waals surface area contributed by atoms with Crippen molar-refractivity contribution in [2.45, 2.75) is 13.0 Å². The summed E-state index contributed by atoms with van der Waals surface area (Å²) >= 11 is 1.31. The van der Waals surface area contributed by atoms with E-state index in [1.165, 1.54) is 18.3 Å². The van der Waals surface area contributed by atoms with Crippen LogP contribution in [0, 0.1) is 0 Å². The van der Waals surface area contributed by atoms with E-state index in [-0.39, 0.29) is 0 Å². The number of carbonyl (C=O) groups is 2. The number of fused-ring (bicyclic) bond motifs is 3. The van der Waals surface area contributed by atoms with E-state index in [0.29, 0.717) is 38.9 Å². The normalized spacial score (nSPS) is 12.1. The Morgan fingerprint density at radius 3 is 2.58 bits per heavy atom. The van der Waals surface area contributed by atoms with Crippen molar-refractivity contribution in [2.24, 2.45) is 0 Å². The monoisotopic (exact) mass is 523 g/mol. The summed E-state index contributed by atoms with van der Waals surface area (Å²) in [5, 5.41) is 4.61. The van der Waals surface area contributed by atoms with Gasteiger partial charge in [-0.05, 0) is 54.8 Å². The molecule has 38 heavy (non-hydrogen) atoms. The molecule has 0 saturated heterocycles. The van der Waals surface area contributed by atoms with Crippen LogP contribution in [-0.4, -0.2) is 35.1 Å². The molecule has 2 heterocycles. The zero-order valence-electron chi connectivity index (χ0n) is 20.4. The van der Waals surface area contributed by atoms with Gasteiger partial charge < -0.3 is 13.9 Å². The van der Waals surface area contributed by atoms with E-state index in [1.807, 2.05) is 60.7 Å². The molecule has 0 spiro atoms. The number of rotatable bonds is 6. The summed E-state index contributed by atoms with van der Waals surface area (Å²) in [6, 6.07) is 23.9. The molecule has 1 atom stereocenters. The lowest BCUT2D eigenvalue weighted by atomic mass is 9.99. The first kappa shape index (κ1) is 23.6. The van der Waals surface area contributed by atoms with Crippen LogP contribution in [0.4, 0.5) is 5.13 Å². The molecular weight excluding hydrogens is 502 g/mol. The molecule has 1 N–H and O–H groups in total. The number of aromatic nitrogens is 2. The molecule has 2 aromatic heterocycles. The van der Waals surface area contributed by atoms with Crippen molar-refractivity contribution >= 4 is 60.4 Å². The number of nitrogens with one attached hydrogen (secondary N) is 1. The number of anilines is 1. The number of esters is 1. The van der Waals surface area contributed by atoms with Gasteiger partial charge in [0.2, 0.25) is 5.89 Å². The van der Waals surface area contributed by atoms with Crippen LogP contribution in [0.25, 0.3) is 43.5 Å². The number of thiazole rings is 1. The molecule has 188 valence electrons. The van der Waals surface area contributed by atoms with Crippen molar-refractivity contribution in [3.63, 3.8) is 0 Å². The van der Waals surface area contributed by atoms with Crippen LogP contribution in [-0.2, 0) is 9.53 Å². The largest absolute Gasteiger partial charge is 0.497 e. The molecule has 0 aliphatic carbocycles. The van der Waals surface area contributed by atoms with E-state index in [2.05, 4.69) is 15.3 Å². The Kier molecular flexibility index (Phi) is 5.97. The fourth-order valence-corrected chi connectivity index (χ4v) is 5.14. The predicted octanol–water partition coefficient (Wildman–Crippen LogP) is 6.45. The highest BCUT2D eigenvalue weighted by molar-refractivity contribution is 7.22. The quantitative estimate of drug-likeness (QED) is 0.250. The molecule has 0 saturated carbocycles. The summed E-state index contributed by atoms with van der Waals surface area (Å²) < 4.78 is 17.7. The number of methoxy groups -OCH3 is 1. The Morgan fingerprint density at radius 1 is 0.947 bits per heavy atom. The minimum absolute atomic E-state index is 0.312. The number of amides is 1. The van der Waals surface area contributed by atoms with Crippen molar-refractivity contribution in [1.82, 2.24) is 9.97 Å². The van der Waals surface area contributed by atoms with Gasteiger partial charge in [-0.1, -0.05) is 47.7 Å². The topological polar surface area (TPSA) is 104 Å². The number of hydrogen-bond donors (Lipinski definition) is 1. The molecule has 0 aliphatic heterocycles. The first-order valence-electron chi connectivity index (χ1n) is 11.8. The number of oxazole rings is 1. The summed E-state index contributed by atoms with van der Waals surface area (Å²) in [6.45, 7) is 1.52. The standard InChI is InChI=1S/C29H21N3O5S/c1-16(26(33)32-29-31-22-14-13-18(35-2)15-24(22)38-29)36-28(34)20-10-6-8-17-7-5-9-19(25(17)20)27-30-21-11-3-4-12-23(21)37-27/h3-16H,1-2H3,(H,31,32,33). The van der Waals surface area contributed by atoms with Crippen LogP contribution in [0.15, 0.2) is 83.3 Å². The van der Waals surface area contributed by atoms with Gasteiger partial charge in [-0.15, -0.1) is 0 Å². The number of benzene rings is 4. The lowest BCUT2D eigenvalue weighted by molar-refractivity contribution is -0.123. The van der Waals surface area contributed by atoms with Gasteiger partial charge in [-0.2, -0.15) is 0 Å². The molecule has 8 nitrogen and oxygen atoms in total. The second kappa shape index (κ2) is 9.60. The van der Waals surface area contributed by atoms with E-state index in [9.17, 15) is 9.59 Å². The maximum atomic E-state index is 13.3. The molecule has 1 unspecified atom stereocenters. The van der Waals surface area contributed by atoms with Crippen LogP contribution < -0.4 is 10.1 Å². The van der Waals surface area contributed by atoms with Crippen LogP contribution in [0.1, 0.15) is 17.3 Å². The average Bonchev–Trinajstić information content (AvgIpc) is 3.55. The summed E-state index contributed by atoms with van der Waals surface area (Å²) in [5.41, 5.74) is 3.08. The van der Waals surface area contributed by atoms with E-state index >= 15 is 0 Å². The first-order valence-corrected chi connectivity index (χ1v) is 12.7. The maximum absolute atomic E-state index is 13.3. The Morgan fingerprint density at radius 2 is 1.76 bits per heavy atom. The van der Waals surface area contributed by atoms with Crippen molar-refractivity contribution < 1.29 is 23.5 Å². The van der Waals surface area contributed by atoms with Gasteiger partial charge in [0.15, 0.2) is 16.8 Å². The number of nitrogens with zero attached hydrogens (tertiary/aromatic N) is 2. The molecule has 4 aromatic carbocycles. The van der Waals surface area contributed by atoms with Crippen LogP contribution in [0.5, 0.6) is 5.75 Å². The third-order valence-corrected chi connectivity index (χ3v) is 7.06. The minimum atomic E-state index is -1.06. The van der Waals surface area contributed by atoms with E-state index < -0.39 is 18.0 Å². The average molecular weight is 524 g/mol. The molecular formula is C29H21N3O5S. The third-order valence-electron chi connectivity index (χ3n) is 6.13. The summed E-state index contributed by atoms with van der Waals surface area (Å²) in [7, 11) is 1.59. The fourth-order valence-electron chi connectivity index (χ4n) is 4.25. The van der Waals surface area contributed by atoms with Crippen LogP contribution in [0.3, 0.4) is 0 Å². The van der Waals surface area contributed by atoms with Crippen molar-refractivity contribution in [2.75, 3.05) is 12.4 Å². The SMILES string of the molecule is COc1ccc2nc(NC(=O)C(C)OC(=O)c3cccc4cccc(-c5nc6ccccc6o5)c34)sc2c1. The summed E-state index contributed by atoms with van der Waals surface area (Å²) in [6.07, 6.45) is -1.06. The number of carbonyl (C=O) groups excluding carboxylic acids is 2. The molecule has 9 heteroatoms. The second-order valence-corrected chi connectivity index (χ2v) is 9.62. The molecule has 6 rings (SSSR count). The molecule has 0 fully saturated rings. The molecule has 0 bridgehead atoms. The highest BCUT2D eigenvalue weighted by atomic mass is 32.1. The van der Waals surface area contributed by atoms with E-state index in [1.54, 1.807) is 25.3 Å². The smallest absolute Gasteiger partial charge is 0.339 e. The Bertz CT molecular complexity index is 1800. The zero-order chi connectivity index (χ0) is 26.2. The predicted molar refractivity (Wildman–Crippen MR) is 147 cm³/mol. The van der Waals surface area contributed by atoms with Crippen molar-refractivity contribution in [1.29, 1.82) is 0 Å². The molecule has 0 radical (unpaired) electrons. The maximum Gasteiger partial charge on any atom is 0.339 e. The first-order chi connectivity index (χ1) is 18.5. The van der Waals surface area contributed by atoms with Gasteiger partial charge in [-0.25, -0.2) is 14.8 Å². The summed E-state index contributed by atoms with van der Waals surface area (Å²) in [4.78, 5) is 35.2. The molecule has 1 amide bonds. The Hall–Kier alpha value is -4.76. The van der Waals surface area contributed by atoms with Crippen molar-refractivity contribution in [3.8, 4) is 17.2 Å². The van der Waals surface area contributed by atoms with Gasteiger partial charge in [0.25, 0.3) is 5.91 Å². The van der Waals surface area contributed by atoms with Crippen molar-refractivity contribution in [3.05, 3.63) is 84.4 Å². The highest BCUT2D eigenvalue weighted by Crippen LogP contribution is 2.33. The van der Waals surface area contributed by atoms with Crippen LogP contribution in [0.2, 0.25) is 0 Å². The van der Waals surface area contributed by atoms with E-state index in [0.717, 1.165) is 21.1 Å². The van der Waals surface area contributed by atoms with Crippen LogP contribution >= 0.6 is 11.3 Å². The van der Waals surface area contributed by atoms with Gasteiger partial charge in [0.05, 0.1) is 22.9 Å². The van der Waals surface area contributed by atoms with E-state index in [4.69, 9.17) is 13.9 Å². The second-order valence-electron chi connectivity index (χ2n) is 8.59. The Balaban J connectivity index is 1.26. The lowest BCUT2D eigenvalue weighted by Crippen LogP contribution is -2.30. The fraction of sp³-hybridized carbons (Fsp3) is 0.103. The van der Waals surface area contributed by atoms with Gasteiger partial charge in [0.1, 0.15) is 11.3 Å². The minimum Gasteiger partial charge on any atom is -0.497 e.